The molecule has 0 spiro atoms. The van der Waals surface area contributed by atoms with E-state index in [9.17, 15) is 8.42 Å². The van der Waals surface area contributed by atoms with Crippen LogP contribution in [0.25, 0.3) is 0 Å². The number of alkyl halides is 2. The van der Waals surface area contributed by atoms with Crippen molar-refractivity contribution in [1.29, 1.82) is 0 Å². The second-order valence-corrected chi connectivity index (χ2v) is 7.83. The highest BCUT2D eigenvalue weighted by Gasteiger charge is 2.43. The van der Waals surface area contributed by atoms with Gasteiger partial charge in [-0.2, -0.15) is 0 Å². The van der Waals surface area contributed by atoms with Crippen molar-refractivity contribution >= 4 is 41.7 Å². The summed E-state index contributed by atoms with van der Waals surface area (Å²) < 4.78 is 21.7. The number of halogens is 2. The van der Waals surface area contributed by atoms with Gasteiger partial charge in [-0.25, -0.2) is 8.42 Å². The largest absolute Gasteiger partial charge is 0.229 e. The Morgan fingerprint density at radius 3 is 2.20 bits per heavy atom. The highest BCUT2D eigenvalue weighted by molar-refractivity contribution is 9.12. The molecule has 0 amide bonds. The van der Waals surface area contributed by atoms with Crippen LogP contribution < -0.4 is 0 Å². The highest BCUT2D eigenvalue weighted by Crippen LogP contribution is 2.36. The van der Waals surface area contributed by atoms with E-state index in [-0.39, 0.29) is 20.7 Å². The Bertz CT molecular complexity index is 232. The van der Waals surface area contributed by atoms with Crippen LogP contribution in [0.1, 0.15) is 6.92 Å². The molecule has 1 heterocycles. The molecule has 1 fully saturated rings. The number of sulfone groups is 1. The van der Waals surface area contributed by atoms with E-state index in [1.807, 2.05) is 6.92 Å². The lowest BCUT2D eigenvalue weighted by Crippen LogP contribution is -2.25. The predicted molar refractivity (Wildman–Crippen MR) is 48.7 cm³/mol. The second-order valence-electron chi connectivity index (χ2n) is 2.80. The first-order chi connectivity index (χ1) is 4.33. The van der Waals surface area contributed by atoms with E-state index < -0.39 is 9.84 Å². The Balaban J connectivity index is 2.92. The third-order valence-corrected chi connectivity index (χ3v) is 7.02. The summed E-state index contributed by atoms with van der Waals surface area (Å²) in [6.07, 6.45) is 0. The van der Waals surface area contributed by atoms with Gasteiger partial charge in [0, 0.05) is 4.83 Å². The molecule has 0 aromatic carbocycles. The Morgan fingerprint density at radius 2 is 2.10 bits per heavy atom. The minimum atomic E-state index is -2.80. The molecule has 1 aliphatic rings. The lowest BCUT2D eigenvalue weighted by molar-refractivity contribution is 0.601. The van der Waals surface area contributed by atoms with Crippen LogP contribution in [-0.2, 0) is 9.84 Å². The third-order valence-electron chi connectivity index (χ3n) is 1.56. The Labute approximate surface area is 77.6 Å². The summed E-state index contributed by atoms with van der Waals surface area (Å²) >= 11 is 6.67. The van der Waals surface area contributed by atoms with Crippen molar-refractivity contribution in [2.75, 3.05) is 11.5 Å². The molecule has 0 saturated carbocycles. The van der Waals surface area contributed by atoms with Crippen LogP contribution in [0, 0.1) is 0 Å². The maximum Gasteiger partial charge on any atom is 0.152 e. The Morgan fingerprint density at radius 1 is 1.60 bits per heavy atom. The van der Waals surface area contributed by atoms with Crippen molar-refractivity contribution in [3.63, 3.8) is 0 Å². The smallest absolute Gasteiger partial charge is 0.152 e. The van der Waals surface area contributed by atoms with Gasteiger partial charge in [-0.1, -0.05) is 31.9 Å². The zero-order chi connectivity index (χ0) is 7.99. The molecule has 0 unspecified atom stereocenters. The van der Waals surface area contributed by atoms with E-state index >= 15 is 0 Å². The molecule has 0 bridgehead atoms. The first-order valence-electron chi connectivity index (χ1n) is 2.87. The molecule has 0 radical (unpaired) electrons. The van der Waals surface area contributed by atoms with Crippen LogP contribution in [0.3, 0.4) is 0 Å². The fraction of sp³-hybridized carbons (Fsp3) is 1.00. The van der Waals surface area contributed by atoms with Gasteiger partial charge in [0.25, 0.3) is 0 Å². The third kappa shape index (κ3) is 1.74. The summed E-state index contributed by atoms with van der Waals surface area (Å²) in [5.74, 6) is 0.477. The van der Waals surface area contributed by atoms with Crippen molar-refractivity contribution < 1.29 is 8.42 Å². The van der Waals surface area contributed by atoms with Crippen molar-refractivity contribution in [3.05, 3.63) is 0 Å². The molecule has 2 nitrogen and oxygen atoms in total. The van der Waals surface area contributed by atoms with Crippen LogP contribution in [0.2, 0.25) is 0 Å². The molecule has 1 saturated heterocycles. The normalized spacial score (nSPS) is 45.7. The molecule has 2 atom stereocenters. The summed E-state index contributed by atoms with van der Waals surface area (Å²) in [6.45, 7) is 1.89. The van der Waals surface area contributed by atoms with Crippen molar-refractivity contribution in [1.82, 2.24) is 0 Å². The van der Waals surface area contributed by atoms with Crippen LogP contribution in [0.4, 0.5) is 0 Å². The molecular weight excluding hydrogens is 284 g/mol. The summed E-state index contributed by atoms with van der Waals surface area (Å²) in [7, 11) is -2.80. The van der Waals surface area contributed by atoms with Crippen molar-refractivity contribution in [2.24, 2.45) is 0 Å². The standard InChI is InChI=1S/C5H8Br2O2S/c1-5(7)3-10(8,9)2-4(5)6/h4H,2-3H2,1H3/t4-,5+/m0/s1. The maximum absolute atomic E-state index is 11.0. The Hall–Kier alpha value is 0.910. The van der Waals surface area contributed by atoms with E-state index in [1.54, 1.807) is 0 Å². The van der Waals surface area contributed by atoms with Crippen LogP contribution in [0.15, 0.2) is 0 Å². The summed E-state index contributed by atoms with van der Waals surface area (Å²) in [6, 6.07) is 0. The number of hydrogen-bond acceptors (Lipinski definition) is 2. The SMILES string of the molecule is C[C@@]1(Br)CS(=O)(=O)C[C@@H]1Br. The van der Waals surface area contributed by atoms with Gasteiger partial charge in [-0.15, -0.1) is 0 Å². The lowest BCUT2D eigenvalue weighted by Gasteiger charge is -2.16. The van der Waals surface area contributed by atoms with Gasteiger partial charge in [0.2, 0.25) is 0 Å². The molecule has 5 heteroatoms. The topological polar surface area (TPSA) is 34.1 Å². The van der Waals surface area contributed by atoms with Crippen molar-refractivity contribution in [3.8, 4) is 0 Å². The average molecular weight is 292 g/mol. The molecule has 0 aromatic rings. The average Bonchev–Trinajstić information content (AvgIpc) is 1.73. The highest BCUT2D eigenvalue weighted by atomic mass is 79.9. The van der Waals surface area contributed by atoms with Crippen LogP contribution >= 0.6 is 31.9 Å². The fourth-order valence-corrected chi connectivity index (χ4v) is 5.98. The first kappa shape index (κ1) is 9.00. The van der Waals surface area contributed by atoms with Gasteiger partial charge >= 0.3 is 0 Å². The first-order valence-corrected chi connectivity index (χ1v) is 6.40. The Kier molecular flexibility index (Phi) is 2.21. The molecular formula is C5H8Br2O2S. The zero-order valence-electron chi connectivity index (χ0n) is 5.47. The van der Waals surface area contributed by atoms with Gasteiger partial charge < -0.3 is 0 Å². The van der Waals surface area contributed by atoms with Gasteiger partial charge in [0.15, 0.2) is 9.84 Å². The summed E-state index contributed by atoms with van der Waals surface area (Å²) in [5.41, 5.74) is 0. The molecule has 0 aromatic heterocycles. The van der Waals surface area contributed by atoms with Crippen molar-refractivity contribution in [2.45, 2.75) is 16.1 Å². The number of rotatable bonds is 0. The van der Waals surface area contributed by atoms with Gasteiger partial charge in [0.05, 0.1) is 15.8 Å². The van der Waals surface area contributed by atoms with Crippen LogP contribution in [0.5, 0.6) is 0 Å². The molecule has 60 valence electrons. The van der Waals surface area contributed by atoms with E-state index in [2.05, 4.69) is 31.9 Å². The van der Waals surface area contributed by atoms with Gasteiger partial charge in [-0.3, -0.25) is 0 Å². The molecule has 0 aliphatic carbocycles. The summed E-state index contributed by atoms with van der Waals surface area (Å²) in [4.78, 5) is 0.0463. The zero-order valence-corrected chi connectivity index (χ0v) is 9.46. The second kappa shape index (κ2) is 2.45. The molecule has 0 N–H and O–H groups in total. The van der Waals surface area contributed by atoms with Crippen LogP contribution in [-0.4, -0.2) is 29.1 Å². The molecule has 10 heavy (non-hydrogen) atoms. The maximum atomic E-state index is 11.0. The number of hydrogen-bond donors (Lipinski definition) is 0. The fourth-order valence-electron chi connectivity index (χ4n) is 0.976. The van der Waals surface area contributed by atoms with E-state index in [1.165, 1.54) is 0 Å². The van der Waals surface area contributed by atoms with E-state index in [0.29, 0.717) is 0 Å². The molecule has 1 aliphatic heterocycles. The monoisotopic (exact) mass is 290 g/mol. The van der Waals surface area contributed by atoms with Gasteiger partial charge in [0.1, 0.15) is 0 Å². The minimum absolute atomic E-state index is 0.0463. The predicted octanol–water partition coefficient (Wildman–Crippen LogP) is 1.33. The quantitative estimate of drug-likeness (QED) is 0.631. The lowest BCUT2D eigenvalue weighted by atomic mass is 10.2. The summed E-state index contributed by atoms with van der Waals surface area (Å²) in [5, 5.41) is 0. The minimum Gasteiger partial charge on any atom is -0.229 e. The van der Waals surface area contributed by atoms with E-state index in [4.69, 9.17) is 0 Å². The molecule has 1 rings (SSSR count). The van der Waals surface area contributed by atoms with Gasteiger partial charge in [-0.05, 0) is 6.92 Å². The van der Waals surface area contributed by atoms with E-state index in [0.717, 1.165) is 0 Å².